The summed E-state index contributed by atoms with van der Waals surface area (Å²) in [5, 5.41) is 0. The third-order valence-electron chi connectivity index (χ3n) is 5.90. The molecule has 0 radical (unpaired) electrons. The van der Waals surface area contributed by atoms with Crippen molar-refractivity contribution in [2.24, 2.45) is 4.76 Å². The first kappa shape index (κ1) is 26.4. The minimum absolute atomic E-state index is 0.129. The van der Waals surface area contributed by atoms with Crippen LogP contribution in [0.15, 0.2) is 4.76 Å². The molecule has 0 amide bonds. The number of hydrogen-bond acceptors (Lipinski definition) is 3. The zero-order valence-corrected chi connectivity index (χ0v) is 21.9. The molecule has 1 unspecified atom stereocenters. The van der Waals surface area contributed by atoms with Gasteiger partial charge in [-0.25, -0.2) is 4.57 Å². The summed E-state index contributed by atoms with van der Waals surface area (Å²) in [5.74, 6) is 0.585. The highest BCUT2D eigenvalue weighted by molar-refractivity contribution is 14.1. The molecule has 0 saturated carbocycles. The van der Waals surface area contributed by atoms with Gasteiger partial charge in [0.25, 0.3) is 0 Å². The predicted octanol–water partition coefficient (Wildman–Crippen LogP) is 5.22. The van der Waals surface area contributed by atoms with Gasteiger partial charge in [0.05, 0.1) is 12.2 Å². The van der Waals surface area contributed by atoms with Crippen LogP contribution in [-0.2, 0) is 13.8 Å². The van der Waals surface area contributed by atoms with Crippen molar-refractivity contribution in [3.05, 3.63) is 0 Å². The maximum absolute atomic E-state index is 12.7. The number of alkyl halides is 1. The second-order valence-electron chi connectivity index (χ2n) is 8.48. The zero-order valence-electron chi connectivity index (χ0n) is 18.8. The van der Waals surface area contributed by atoms with E-state index in [1.165, 1.54) is 57.8 Å². The first-order chi connectivity index (χ1) is 14.5. The lowest BCUT2D eigenvalue weighted by atomic mass is 10.1. The first-order valence-electron chi connectivity index (χ1n) is 11.7. The summed E-state index contributed by atoms with van der Waals surface area (Å²) >= 11 is 2.22. The van der Waals surface area contributed by atoms with E-state index in [0.29, 0.717) is 19.0 Å². The minimum atomic E-state index is -4.06. The molecule has 2 aliphatic heterocycles. The quantitative estimate of drug-likeness (QED) is 0.129. The summed E-state index contributed by atoms with van der Waals surface area (Å²) in [6, 6.07) is 0. The maximum Gasteiger partial charge on any atom is 0.454 e. The summed E-state index contributed by atoms with van der Waals surface area (Å²) in [6.07, 6.45) is 13.2. The van der Waals surface area contributed by atoms with Gasteiger partial charge in [-0.05, 0) is 6.42 Å². The Bertz CT molecular complexity index is 566. The number of halogens is 1. The lowest BCUT2D eigenvalue weighted by molar-refractivity contribution is 0.0667. The standard InChI is InChI=1S/C21H41IN3O4P/c1-3-4-5-6-7-8-9-10-11-12-14-25-16-15-24(2)21(25)23-30(26,27)29-19-13-17-28-20(19)18-22/h19-20H,3-18H2,1-2H3,(H,26,27)/t19-,20-/m1/s1. The van der Waals surface area contributed by atoms with Gasteiger partial charge in [0.15, 0.2) is 0 Å². The van der Waals surface area contributed by atoms with Gasteiger partial charge < -0.3 is 19.4 Å². The van der Waals surface area contributed by atoms with Crippen LogP contribution in [0.1, 0.15) is 77.6 Å². The van der Waals surface area contributed by atoms with E-state index in [-0.39, 0.29) is 12.2 Å². The summed E-state index contributed by atoms with van der Waals surface area (Å²) in [4.78, 5) is 14.4. The average molecular weight is 557 g/mol. The number of nitrogens with zero attached hydrogens (tertiary/aromatic N) is 3. The molecule has 0 spiro atoms. The minimum Gasteiger partial charge on any atom is -0.375 e. The van der Waals surface area contributed by atoms with E-state index >= 15 is 0 Å². The summed E-state index contributed by atoms with van der Waals surface area (Å²) in [6.45, 7) is 5.37. The van der Waals surface area contributed by atoms with Gasteiger partial charge in [0, 0.05) is 44.1 Å². The fourth-order valence-electron chi connectivity index (χ4n) is 4.06. The number of unbranched alkanes of at least 4 members (excludes halogenated alkanes) is 9. The van der Waals surface area contributed by atoms with Crippen LogP contribution in [0.25, 0.3) is 0 Å². The molecule has 30 heavy (non-hydrogen) atoms. The number of likely N-dealkylation sites (N-methyl/N-ethyl adjacent to an activating group) is 1. The van der Waals surface area contributed by atoms with Gasteiger partial charge in [-0.2, -0.15) is 0 Å². The Morgan fingerprint density at radius 2 is 1.77 bits per heavy atom. The average Bonchev–Trinajstić information content (AvgIpc) is 3.29. The van der Waals surface area contributed by atoms with E-state index in [1.54, 1.807) is 0 Å². The van der Waals surface area contributed by atoms with Crippen molar-refractivity contribution >= 4 is 36.3 Å². The van der Waals surface area contributed by atoms with E-state index in [0.717, 1.165) is 30.5 Å². The monoisotopic (exact) mass is 557 g/mol. The number of ether oxygens (including phenoxy) is 1. The van der Waals surface area contributed by atoms with E-state index in [9.17, 15) is 9.46 Å². The van der Waals surface area contributed by atoms with Crippen molar-refractivity contribution in [1.29, 1.82) is 0 Å². The number of rotatable bonds is 15. The molecule has 7 nitrogen and oxygen atoms in total. The second kappa shape index (κ2) is 14.3. The van der Waals surface area contributed by atoms with Crippen LogP contribution in [0, 0.1) is 0 Å². The van der Waals surface area contributed by atoms with Crippen molar-refractivity contribution in [3.8, 4) is 0 Å². The van der Waals surface area contributed by atoms with Crippen LogP contribution in [0.3, 0.4) is 0 Å². The topological polar surface area (TPSA) is 74.6 Å². The van der Waals surface area contributed by atoms with Gasteiger partial charge in [0.1, 0.15) is 0 Å². The fourth-order valence-corrected chi connectivity index (χ4v) is 6.03. The van der Waals surface area contributed by atoms with Crippen LogP contribution in [0.5, 0.6) is 0 Å². The maximum atomic E-state index is 12.7. The predicted molar refractivity (Wildman–Crippen MR) is 131 cm³/mol. The molecule has 9 heteroatoms. The molecular formula is C21H41IN3O4P. The third-order valence-corrected chi connectivity index (χ3v) is 7.75. The molecule has 2 aliphatic rings. The highest BCUT2D eigenvalue weighted by Gasteiger charge is 2.36. The second-order valence-corrected chi connectivity index (χ2v) is 10.8. The Morgan fingerprint density at radius 3 is 2.40 bits per heavy atom. The van der Waals surface area contributed by atoms with Gasteiger partial charge in [-0.15, -0.1) is 4.76 Å². The lowest BCUT2D eigenvalue weighted by Crippen LogP contribution is -2.32. The Kier molecular flexibility index (Phi) is 12.6. The highest BCUT2D eigenvalue weighted by Crippen LogP contribution is 2.48. The van der Waals surface area contributed by atoms with E-state index in [2.05, 4.69) is 39.2 Å². The van der Waals surface area contributed by atoms with Crippen molar-refractivity contribution in [2.45, 2.75) is 89.8 Å². The number of guanidine groups is 1. The SMILES string of the molecule is CCCCCCCCCCCCN1CCN(C)C1=NP(=O)(O)O[C@@H]1CCO[C@@H]1CI. The molecule has 0 aromatic carbocycles. The van der Waals surface area contributed by atoms with Crippen LogP contribution in [0.4, 0.5) is 0 Å². The van der Waals surface area contributed by atoms with Crippen molar-refractivity contribution in [2.75, 3.05) is 37.7 Å². The third kappa shape index (κ3) is 9.31. The van der Waals surface area contributed by atoms with Crippen molar-refractivity contribution in [1.82, 2.24) is 9.80 Å². The van der Waals surface area contributed by atoms with Gasteiger partial charge in [-0.1, -0.05) is 87.3 Å². The summed E-state index contributed by atoms with van der Waals surface area (Å²) in [7, 11) is -2.14. The molecule has 3 atom stereocenters. The largest absolute Gasteiger partial charge is 0.454 e. The Balaban J connectivity index is 1.71. The Morgan fingerprint density at radius 1 is 1.13 bits per heavy atom. The van der Waals surface area contributed by atoms with E-state index in [4.69, 9.17) is 9.26 Å². The first-order valence-corrected chi connectivity index (χ1v) is 14.8. The van der Waals surface area contributed by atoms with Crippen LogP contribution in [0.2, 0.25) is 0 Å². The molecule has 2 heterocycles. The van der Waals surface area contributed by atoms with Gasteiger partial charge >= 0.3 is 7.75 Å². The molecule has 2 saturated heterocycles. The molecule has 0 aromatic rings. The van der Waals surface area contributed by atoms with Crippen LogP contribution >= 0.6 is 30.3 Å². The highest BCUT2D eigenvalue weighted by atomic mass is 127. The summed E-state index contributed by atoms with van der Waals surface area (Å²) in [5.41, 5.74) is 0. The van der Waals surface area contributed by atoms with Gasteiger partial charge in [-0.3, -0.25) is 4.52 Å². The molecule has 0 aromatic heterocycles. The number of hydrogen-bond donors (Lipinski definition) is 1. The van der Waals surface area contributed by atoms with Crippen molar-refractivity contribution < 1.29 is 18.7 Å². The molecular weight excluding hydrogens is 516 g/mol. The lowest BCUT2D eigenvalue weighted by Gasteiger charge is -2.23. The molecule has 1 N–H and O–H groups in total. The molecule has 0 aliphatic carbocycles. The van der Waals surface area contributed by atoms with Crippen molar-refractivity contribution in [3.63, 3.8) is 0 Å². The van der Waals surface area contributed by atoms with Crippen LogP contribution in [-0.4, -0.2) is 70.6 Å². The Labute approximate surface area is 196 Å². The molecule has 176 valence electrons. The molecule has 0 bridgehead atoms. The van der Waals surface area contributed by atoms with E-state index < -0.39 is 7.75 Å². The zero-order chi connectivity index (χ0) is 21.8. The van der Waals surface area contributed by atoms with E-state index in [1.807, 2.05) is 11.9 Å². The molecule has 2 rings (SSSR count). The fraction of sp³-hybridized carbons (Fsp3) is 0.952. The Hall–Kier alpha value is 0.110. The normalized spacial score (nSPS) is 25.4. The van der Waals surface area contributed by atoms with Crippen LogP contribution < -0.4 is 0 Å². The molecule has 2 fully saturated rings. The summed E-state index contributed by atoms with van der Waals surface area (Å²) < 4.78 is 28.6. The smallest absolute Gasteiger partial charge is 0.375 e. The van der Waals surface area contributed by atoms with Gasteiger partial charge in [0.2, 0.25) is 5.96 Å².